The number of halogens is 4. The van der Waals surface area contributed by atoms with Crippen LogP contribution in [0, 0.1) is 24.4 Å². The van der Waals surface area contributed by atoms with Crippen LogP contribution < -0.4 is 4.74 Å². The fourth-order valence-corrected chi connectivity index (χ4v) is 3.79. The molecule has 1 N–H and O–H groups in total. The quantitative estimate of drug-likeness (QED) is 0.294. The molecule has 7 heteroatoms. The molecule has 0 aliphatic carbocycles. The molecule has 3 aromatic carbocycles. The van der Waals surface area contributed by atoms with E-state index in [-0.39, 0.29) is 23.5 Å². The lowest BCUT2D eigenvalue weighted by Crippen LogP contribution is -2.05. The summed E-state index contributed by atoms with van der Waals surface area (Å²) in [6.07, 6.45) is 0. The second-order valence-electron chi connectivity index (χ2n) is 7.44. The summed E-state index contributed by atoms with van der Waals surface area (Å²) in [5.41, 5.74) is 2.40. The zero-order chi connectivity index (χ0) is 23.7. The van der Waals surface area contributed by atoms with Gasteiger partial charge in [0.15, 0.2) is 0 Å². The van der Waals surface area contributed by atoms with E-state index in [1.54, 1.807) is 24.3 Å². The molecule has 0 spiro atoms. The maximum absolute atomic E-state index is 14.1. The van der Waals surface area contributed by atoms with Gasteiger partial charge in [0.1, 0.15) is 35.6 Å². The third kappa shape index (κ3) is 4.47. The molecule has 0 unspecified atom stereocenters. The number of hydrogen-bond acceptors (Lipinski definition) is 2. The summed E-state index contributed by atoms with van der Waals surface area (Å²) < 4.78 is 49.9. The molecule has 0 atom stereocenters. The lowest BCUT2D eigenvalue weighted by molar-refractivity contribution is 0.293. The molecule has 1 heterocycles. The first-order valence-electron chi connectivity index (χ1n) is 9.98. The van der Waals surface area contributed by atoms with Gasteiger partial charge in [-0.1, -0.05) is 24.2 Å². The van der Waals surface area contributed by atoms with Gasteiger partial charge in [0, 0.05) is 22.0 Å². The molecular weight excluding hydrogens is 451 g/mol. The number of aromatic nitrogens is 1. The summed E-state index contributed by atoms with van der Waals surface area (Å²) >= 11 is 6.25. The van der Waals surface area contributed by atoms with Crippen molar-refractivity contribution in [2.75, 3.05) is 0 Å². The van der Waals surface area contributed by atoms with E-state index in [2.05, 4.69) is 6.58 Å². The SMILES string of the molecule is C=C(O)c1cc(-n2c(C)ccc2-c2cc(Cl)ccc2OCc2c(F)cccc2F)ccc1F. The van der Waals surface area contributed by atoms with Crippen molar-refractivity contribution in [3.05, 3.63) is 113 Å². The second-order valence-corrected chi connectivity index (χ2v) is 7.87. The molecule has 4 aromatic rings. The van der Waals surface area contributed by atoms with E-state index >= 15 is 0 Å². The Kier molecular flexibility index (Phi) is 6.20. The van der Waals surface area contributed by atoms with Crippen LogP contribution in [-0.4, -0.2) is 9.67 Å². The summed E-state index contributed by atoms with van der Waals surface area (Å²) in [5.74, 6) is -2.04. The number of hydrogen-bond donors (Lipinski definition) is 1. The first-order valence-corrected chi connectivity index (χ1v) is 10.4. The third-order valence-corrected chi connectivity index (χ3v) is 5.48. The average molecular weight is 470 g/mol. The highest BCUT2D eigenvalue weighted by Gasteiger charge is 2.18. The van der Waals surface area contributed by atoms with Crippen molar-refractivity contribution < 1.29 is 23.0 Å². The molecule has 33 heavy (non-hydrogen) atoms. The molecule has 0 radical (unpaired) electrons. The van der Waals surface area contributed by atoms with E-state index in [1.807, 2.05) is 23.6 Å². The Hall–Kier alpha value is -3.64. The van der Waals surface area contributed by atoms with Crippen molar-refractivity contribution in [2.45, 2.75) is 13.5 Å². The molecule has 0 saturated carbocycles. The third-order valence-electron chi connectivity index (χ3n) is 5.25. The van der Waals surface area contributed by atoms with Gasteiger partial charge < -0.3 is 14.4 Å². The standard InChI is InChI=1S/C26H19ClF3NO2/c1-15-6-10-25(31(15)18-8-9-24(30)19(13-18)16(2)32)20-12-17(27)7-11-26(20)33-14-21-22(28)4-3-5-23(21)29/h3-13,32H,2,14H2,1H3. The second kappa shape index (κ2) is 9.08. The summed E-state index contributed by atoms with van der Waals surface area (Å²) in [6, 6.07) is 16.5. The molecule has 0 bridgehead atoms. The van der Waals surface area contributed by atoms with Gasteiger partial charge in [-0.15, -0.1) is 0 Å². The van der Waals surface area contributed by atoms with E-state index in [1.165, 1.54) is 30.3 Å². The molecule has 1 aromatic heterocycles. The Labute approximate surface area is 193 Å². The van der Waals surface area contributed by atoms with Gasteiger partial charge >= 0.3 is 0 Å². The van der Waals surface area contributed by atoms with Crippen LogP contribution >= 0.6 is 11.6 Å². The van der Waals surface area contributed by atoms with Crippen LogP contribution in [0.4, 0.5) is 13.2 Å². The Morgan fingerprint density at radius 3 is 2.39 bits per heavy atom. The average Bonchev–Trinajstić information content (AvgIpc) is 3.15. The zero-order valence-electron chi connectivity index (χ0n) is 17.6. The van der Waals surface area contributed by atoms with Crippen LogP contribution in [0.5, 0.6) is 5.75 Å². The van der Waals surface area contributed by atoms with E-state index in [4.69, 9.17) is 16.3 Å². The number of nitrogens with zero attached hydrogens (tertiary/aromatic N) is 1. The fraction of sp³-hybridized carbons (Fsp3) is 0.0769. The van der Waals surface area contributed by atoms with Crippen molar-refractivity contribution in [1.29, 1.82) is 0 Å². The molecule has 3 nitrogen and oxygen atoms in total. The van der Waals surface area contributed by atoms with Crippen molar-refractivity contribution >= 4 is 17.4 Å². The minimum atomic E-state index is -0.701. The van der Waals surface area contributed by atoms with Crippen molar-refractivity contribution in [2.24, 2.45) is 0 Å². The van der Waals surface area contributed by atoms with Crippen molar-refractivity contribution in [3.63, 3.8) is 0 Å². The number of ether oxygens (including phenoxy) is 1. The van der Waals surface area contributed by atoms with Gasteiger partial charge in [-0.05, 0) is 67.6 Å². The molecule has 4 rings (SSSR count). The maximum Gasteiger partial charge on any atom is 0.134 e. The minimum Gasteiger partial charge on any atom is -0.508 e. The normalized spacial score (nSPS) is 10.9. The summed E-state index contributed by atoms with van der Waals surface area (Å²) in [6.45, 7) is 4.95. The van der Waals surface area contributed by atoms with E-state index in [0.29, 0.717) is 27.7 Å². The van der Waals surface area contributed by atoms with Crippen molar-refractivity contribution in [3.8, 4) is 22.7 Å². The largest absolute Gasteiger partial charge is 0.508 e. The predicted molar refractivity (Wildman–Crippen MR) is 123 cm³/mol. The Morgan fingerprint density at radius 2 is 1.70 bits per heavy atom. The predicted octanol–water partition coefficient (Wildman–Crippen LogP) is 7.63. The van der Waals surface area contributed by atoms with Crippen LogP contribution in [0.25, 0.3) is 22.7 Å². The Balaban J connectivity index is 1.79. The van der Waals surface area contributed by atoms with Gasteiger partial charge in [-0.25, -0.2) is 13.2 Å². The lowest BCUT2D eigenvalue weighted by atomic mass is 10.1. The molecule has 0 aliphatic rings. The Bertz CT molecular complexity index is 1340. The topological polar surface area (TPSA) is 34.4 Å². The summed E-state index contributed by atoms with van der Waals surface area (Å²) in [5, 5.41) is 10.2. The van der Waals surface area contributed by atoms with E-state index in [0.717, 1.165) is 5.69 Å². The number of rotatable bonds is 6. The molecule has 168 valence electrons. The van der Waals surface area contributed by atoms with Gasteiger partial charge in [0.2, 0.25) is 0 Å². The highest BCUT2D eigenvalue weighted by molar-refractivity contribution is 6.31. The molecule has 0 amide bonds. The first kappa shape index (κ1) is 22.6. The highest BCUT2D eigenvalue weighted by Crippen LogP contribution is 2.36. The number of benzene rings is 3. The molecular formula is C26H19ClF3NO2. The smallest absolute Gasteiger partial charge is 0.134 e. The van der Waals surface area contributed by atoms with Gasteiger partial charge in [0.05, 0.1) is 16.8 Å². The highest BCUT2D eigenvalue weighted by atomic mass is 35.5. The van der Waals surface area contributed by atoms with Crippen LogP contribution in [0.15, 0.2) is 73.3 Å². The monoisotopic (exact) mass is 469 g/mol. The minimum absolute atomic E-state index is 0.0239. The zero-order valence-corrected chi connectivity index (χ0v) is 18.3. The fourth-order valence-electron chi connectivity index (χ4n) is 3.61. The first-order chi connectivity index (χ1) is 15.8. The van der Waals surface area contributed by atoms with Gasteiger partial charge in [-0.3, -0.25) is 0 Å². The van der Waals surface area contributed by atoms with Crippen LogP contribution in [0.3, 0.4) is 0 Å². The molecule has 0 saturated heterocycles. The van der Waals surface area contributed by atoms with Crippen LogP contribution in [-0.2, 0) is 6.61 Å². The van der Waals surface area contributed by atoms with Gasteiger partial charge in [0.25, 0.3) is 0 Å². The molecule has 0 fully saturated rings. The number of aryl methyl sites for hydroxylation is 1. The number of aliphatic hydroxyl groups is 1. The Morgan fingerprint density at radius 1 is 0.970 bits per heavy atom. The number of aliphatic hydroxyl groups excluding tert-OH is 1. The van der Waals surface area contributed by atoms with Crippen LogP contribution in [0.1, 0.15) is 16.8 Å². The maximum atomic E-state index is 14.1. The van der Waals surface area contributed by atoms with E-state index in [9.17, 15) is 18.3 Å². The van der Waals surface area contributed by atoms with Gasteiger partial charge in [-0.2, -0.15) is 0 Å². The lowest BCUT2D eigenvalue weighted by Gasteiger charge is -2.17. The molecule has 0 aliphatic heterocycles. The van der Waals surface area contributed by atoms with Crippen LogP contribution in [0.2, 0.25) is 5.02 Å². The van der Waals surface area contributed by atoms with Crippen molar-refractivity contribution in [1.82, 2.24) is 4.57 Å². The summed E-state index contributed by atoms with van der Waals surface area (Å²) in [4.78, 5) is 0. The summed E-state index contributed by atoms with van der Waals surface area (Å²) in [7, 11) is 0. The van der Waals surface area contributed by atoms with E-state index < -0.39 is 17.5 Å².